The molecule has 3 atom stereocenters. The maximum absolute atomic E-state index is 12.7. The molecule has 3 aromatic heterocycles. The van der Waals surface area contributed by atoms with Crippen molar-refractivity contribution in [2.75, 3.05) is 19.7 Å². The van der Waals surface area contributed by atoms with Gasteiger partial charge in [0.25, 0.3) is 0 Å². The minimum absolute atomic E-state index is 0.184. The van der Waals surface area contributed by atoms with Crippen molar-refractivity contribution in [3.8, 4) is 5.75 Å². The second-order valence-corrected chi connectivity index (χ2v) is 12.0. The fourth-order valence-electron chi connectivity index (χ4n) is 6.39. The van der Waals surface area contributed by atoms with Crippen molar-refractivity contribution in [2.45, 2.75) is 49.8 Å². The van der Waals surface area contributed by atoms with E-state index in [1.807, 2.05) is 30.3 Å². The highest BCUT2D eigenvalue weighted by atomic mass is 35.5. The first-order chi connectivity index (χ1) is 18.6. The van der Waals surface area contributed by atoms with Crippen LogP contribution in [0.3, 0.4) is 0 Å². The zero-order valence-electron chi connectivity index (χ0n) is 21.1. The lowest BCUT2D eigenvalue weighted by atomic mass is 9.79. The Balaban J connectivity index is 1.13. The molecule has 2 fully saturated rings. The Morgan fingerprint density at radius 3 is 2.71 bits per heavy atom. The van der Waals surface area contributed by atoms with Crippen molar-refractivity contribution in [2.24, 2.45) is 11.8 Å². The fraction of sp³-hybridized carbons (Fsp3) is 0.464. The van der Waals surface area contributed by atoms with E-state index in [0.29, 0.717) is 23.5 Å². The fourth-order valence-corrected chi connectivity index (χ4v) is 7.56. The number of H-pyrrole nitrogens is 1. The Morgan fingerprint density at radius 1 is 1.11 bits per heavy atom. The van der Waals surface area contributed by atoms with Gasteiger partial charge < -0.3 is 14.3 Å². The third-order valence-corrected chi connectivity index (χ3v) is 9.55. The third kappa shape index (κ3) is 5.30. The summed E-state index contributed by atoms with van der Waals surface area (Å²) in [4.78, 5) is 19.0. The second kappa shape index (κ2) is 11.3. The summed E-state index contributed by atoms with van der Waals surface area (Å²) in [6, 6.07) is 9.42. The summed E-state index contributed by atoms with van der Waals surface area (Å²) < 4.78 is 29.1. The Hall–Kier alpha value is -2.59. The van der Waals surface area contributed by atoms with Crippen LogP contribution in [-0.2, 0) is 11.1 Å². The van der Waals surface area contributed by atoms with Gasteiger partial charge >= 0.3 is 0 Å². The van der Waals surface area contributed by atoms with Gasteiger partial charge in [0.2, 0.25) is 0 Å². The summed E-state index contributed by atoms with van der Waals surface area (Å²) in [7, 11) is 0. The molecular formula is C28H32ClN5O3S. The molecule has 1 aromatic carbocycles. The van der Waals surface area contributed by atoms with Crippen molar-refractivity contribution in [1.82, 2.24) is 24.8 Å². The van der Waals surface area contributed by atoms with Crippen LogP contribution in [0.15, 0.2) is 49.1 Å². The number of ether oxygens (including phenoxy) is 1. The first kappa shape index (κ1) is 25.7. The molecule has 1 aliphatic heterocycles. The Morgan fingerprint density at radius 2 is 1.92 bits per heavy atom. The van der Waals surface area contributed by atoms with E-state index in [1.54, 1.807) is 18.7 Å². The molecule has 3 unspecified atom stereocenters. The average Bonchev–Trinajstić information content (AvgIpc) is 3.42. The largest absolute Gasteiger partial charge is 0.493 e. The van der Waals surface area contributed by atoms with E-state index in [-0.39, 0.29) is 11.3 Å². The van der Waals surface area contributed by atoms with E-state index in [9.17, 15) is 8.76 Å². The van der Waals surface area contributed by atoms with E-state index in [2.05, 4.69) is 24.8 Å². The average molecular weight is 554 g/mol. The zero-order valence-corrected chi connectivity index (χ0v) is 22.7. The van der Waals surface area contributed by atoms with E-state index >= 15 is 0 Å². The van der Waals surface area contributed by atoms with E-state index in [4.69, 9.17) is 16.3 Å². The number of hydrogen-bond acceptors (Lipinski definition) is 6. The lowest BCUT2D eigenvalue weighted by molar-refractivity contribution is 0.0878. The van der Waals surface area contributed by atoms with Crippen molar-refractivity contribution in [3.05, 3.63) is 59.8 Å². The number of hydrogen-bond donors (Lipinski definition) is 2. The van der Waals surface area contributed by atoms with E-state index < -0.39 is 11.1 Å². The van der Waals surface area contributed by atoms with Crippen LogP contribution < -0.4 is 4.74 Å². The lowest BCUT2D eigenvalue weighted by Gasteiger charge is -2.42. The lowest BCUT2D eigenvalue weighted by Crippen LogP contribution is -2.49. The molecule has 0 radical (unpaired) electrons. The molecule has 1 saturated heterocycles. The molecule has 0 spiro atoms. The smallest absolute Gasteiger partial charge is 0.171 e. The second-order valence-electron chi connectivity index (χ2n) is 10.6. The minimum Gasteiger partial charge on any atom is -0.493 e. The predicted molar refractivity (Wildman–Crippen MR) is 150 cm³/mol. The molecule has 0 bridgehead atoms. The highest BCUT2D eigenvalue weighted by Gasteiger charge is 2.38. The Labute approximate surface area is 229 Å². The van der Waals surface area contributed by atoms with Gasteiger partial charge in [0, 0.05) is 40.1 Å². The maximum Gasteiger partial charge on any atom is 0.171 e. The van der Waals surface area contributed by atoms with Gasteiger partial charge in [-0.05, 0) is 87.2 Å². The SMILES string of the molecule is O=S(O)C(C1CCC(c2[nH]cnc3cnc4nccc4c23)CC1)N1CCCC(COc2ccc(Cl)cc2)C1. The molecule has 0 amide bonds. The molecule has 1 aliphatic carbocycles. The number of rotatable bonds is 7. The topological polar surface area (TPSA) is 104 Å². The maximum atomic E-state index is 12.7. The van der Waals surface area contributed by atoms with E-state index in [1.165, 1.54) is 5.69 Å². The van der Waals surface area contributed by atoms with Crippen LogP contribution in [0.5, 0.6) is 5.75 Å². The third-order valence-electron chi connectivity index (χ3n) is 8.21. The predicted octanol–water partition coefficient (Wildman–Crippen LogP) is 5.77. The van der Waals surface area contributed by atoms with Crippen LogP contribution >= 0.6 is 11.6 Å². The molecular weight excluding hydrogens is 522 g/mol. The molecule has 38 heavy (non-hydrogen) atoms. The monoisotopic (exact) mass is 553 g/mol. The molecule has 2 N–H and O–H groups in total. The number of piperidine rings is 1. The van der Waals surface area contributed by atoms with E-state index in [0.717, 1.165) is 79.3 Å². The molecule has 6 rings (SSSR count). The van der Waals surface area contributed by atoms with Gasteiger partial charge in [-0.2, -0.15) is 0 Å². The summed E-state index contributed by atoms with van der Waals surface area (Å²) in [6.45, 7) is 2.23. The quantitative estimate of drug-likeness (QED) is 0.280. The molecule has 4 heterocycles. The number of pyridine rings is 1. The number of aromatic amines is 1. The summed E-state index contributed by atoms with van der Waals surface area (Å²) in [5, 5.41) is 2.47. The molecule has 4 aromatic rings. The number of likely N-dealkylation sites (tertiary alicyclic amines) is 1. The molecule has 8 nitrogen and oxygen atoms in total. The molecule has 200 valence electrons. The molecule has 10 heteroatoms. The van der Waals surface area contributed by atoms with Crippen molar-refractivity contribution in [3.63, 3.8) is 0 Å². The summed E-state index contributed by atoms with van der Waals surface area (Å²) in [5.41, 5.74) is 2.79. The summed E-state index contributed by atoms with van der Waals surface area (Å²) >= 11 is 4.07. The molecule has 2 aliphatic rings. The Kier molecular flexibility index (Phi) is 7.61. The van der Waals surface area contributed by atoms with Gasteiger partial charge in [-0.1, -0.05) is 11.6 Å². The van der Waals surface area contributed by atoms with Crippen molar-refractivity contribution >= 4 is 44.6 Å². The zero-order chi connectivity index (χ0) is 26.1. The highest BCUT2D eigenvalue weighted by Crippen LogP contribution is 2.41. The molecule has 1 saturated carbocycles. The number of nitrogens with one attached hydrogen (secondary N) is 1. The highest BCUT2D eigenvalue weighted by molar-refractivity contribution is 7.79. The van der Waals surface area contributed by atoms with Gasteiger partial charge in [-0.15, -0.1) is 0 Å². The van der Waals surface area contributed by atoms with Gasteiger partial charge in [-0.25, -0.2) is 19.2 Å². The Bertz CT molecular complexity index is 1420. The van der Waals surface area contributed by atoms with Crippen LogP contribution in [0.2, 0.25) is 5.02 Å². The summed E-state index contributed by atoms with van der Waals surface area (Å²) in [6.07, 6.45) is 11.1. The number of nitrogens with zero attached hydrogens (tertiary/aromatic N) is 4. The van der Waals surface area contributed by atoms with Gasteiger partial charge in [-0.3, -0.25) is 4.90 Å². The summed E-state index contributed by atoms with van der Waals surface area (Å²) in [5.74, 6) is 1.65. The van der Waals surface area contributed by atoms with Gasteiger partial charge in [0.05, 0.1) is 24.6 Å². The number of aromatic nitrogens is 4. The number of benzene rings is 1. The van der Waals surface area contributed by atoms with Gasteiger partial charge in [0.15, 0.2) is 16.7 Å². The number of fused-ring (bicyclic) bond motifs is 3. The van der Waals surface area contributed by atoms with Crippen LogP contribution in [0.4, 0.5) is 0 Å². The van der Waals surface area contributed by atoms with Crippen LogP contribution in [0.25, 0.3) is 21.9 Å². The van der Waals surface area contributed by atoms with Crippen molar-refractivity contribution in [1.29, 1.82) is 0 Å². The van der Waals surface area contributed by atoms with Crippen LogP contribution in [0.1, 0.15) is 50.1 Å². The standard InChI is InChI=1S/C28H32ClN5O3S/c29-21-7-9-22(10-8-21)37-16-18-2-1-13-34(15-18)28(38(35)36)20-5-3-19(4-6-20)26-25-23-11-12-30-27(23)31-14-24(25)32-17-33-26/h7-12,14,17-20,28H,1-6,13,15-16H2,(H,32,33)(H,35,36). The normalized spacial score (nSPS) is 24.4. The van der Waals surface area contributed by atoms with Crippen LogP contribution in [-0.4, -0.2) is 58.7 Å². The first-order valence-corrected chi connectivity index (χ1v) is 14.9. The van der Waals surface area contributed by atoms with Gasteiger partial charge in [0.1, 0.15) is 11.1 Å². The van der Waals surface area contributed by atoms with Crippen LogP contribution in [0, 0.1) is 11.8 Å². The first-order valence-electron chi connectivity index (χ1n) is 13.4. The number of halogens is 1. The van der Waals surface area contributed by atoms with Crippen molar-refractivity contribution < 1.29 is 13.5 Å². The minimum atomic E-state index is -1.91.